The Balaban J connectivity index is 1.17. The molecule has 3 aromatic rings. The van der Waals surface area contributed by atoms with E-state index in [2.05, 4.69) is 25.9 Å². The van der Waals surface area contributed by atoms with Crippen LogP contribution in [0, 0.1) is 11.8 Å². The predicted octanol–water partition coefficient (Wildman–Crippen LogP) is 2.68. The van der Waals surface area contributed by atoms with Gasteiger partial charge in [-0.25, -0.2) is 9.78 Å². The molecule has 6 rings (SSSR count). The summed E-state index contributed by atoms with van der Waals surface area (Å²) in [6, 6.07) is 12.3. The second-order valence-electron chi connectivity index (χ2n) is 16.7. The Morgan fingerprint density at radius 2 is 1.48 bits per heavy atom. The Labute approximate surface area is 361 Å². The normalized spacial score (nSPS) is 18.8. The van der Waals surface area contributed by atoms with Crippen LogP contribution >= 0.6 is 0 Å². The zero-order valence-electron chi connectivity index (χ0n) is 35.8. The summed E-state index contributed by atoms with van der Waals surface area (Å²) in [5.41, 5.74) is 2.15. The maximum atomic E-state index is 14.6. The van der Waals surface area contributed by atoms with Crippen LogP contribution in [0.3, 0.4) is 0 Å². The van der Waals surface area contributed by atoms with E-state index in [1.807, 2.05) is 49.4 Å². The van der Waals surface area contributed by atoms with Gasteiger partial charge < -0.3 is 40.1 Å². The SMILES string of the molecule is CCC[C@H](NC(=O)C1C[C@@H](OC(=O)N2CCc3ccccc3C2)CN1C(=O)[C@@H](NC(=O)[C@@H](NC(=O)c1cnccn1)C(C)C)C(C)C)C(=O)C(=O)N1CC(Oc2ccccc2)C1. The zero-order chi connectivity index (χ0) is 44.5. The molecule has 3 aliphatic rings. The minimum absolute atomic E-state index is 0.00964. The number of Topliss-reactive ketones (excluding diaryl/α,β-unsaturated/α-hetero) is 1. The third-order valence-electron chi connectivity index (χ3n) is 11.4. The lowest BCUT2D eigenvalue weighted by atomic mass is 9.98. The summed E-state index contributed by atoms with van der Waals surface area (Å²) in [5.74, 6) is -4.37. The van der Waals surface area contributed by atoms with Gasteiger partial charge in [0.05, 0.1) is 31.9 Å². The Kier molecular flexibility index (Phi) is 14.9. The highest BCUT2D eigenvalue weighted by Gasteiger charge is 2.46. The molecule has 2 fully saturated rings. The van der Waals surface area contributed by atoms with Gasteiger partial charge in [-0.3, -0.25) is 33.8 Å². The van der Waals surface area contributed by atoms with Crippen molar-refractivity contribution < 1.29 is 43.0 Å². The minimum atomic E-state index is -1.23. The summed E-state index contributed by atoms with van der Waals surface area (Å²) >= 11 is 0. The first kappa shape index (κ1) is 45.1. The Bertz CT molecular complexity index is 2100. The standard InChI is InChI=1S/C45H56N8O9/c1-6-12-34(39(54)44(59)52-24-33(25-52)61-31-15-8-7-9-16-31)48-41(56)36-21-32(62-45(60)51-20-17-29-13-10-11-14-30(29)23-51)26-53(36)43(58)38(28(4)5)50-42(57)37(27(2)3)49-40(55)35-22-46-18-19-47-35/h7-11,13-16,18-19,22,27-28,32-34,36-38H,6,12,17,20-21,23-26H2,1-5H3,(H,48,56)(H,49,55)(H,50,57)/t32-,34+,36?,37+,38+/m1/s1. The number of ketones is 1. The molecule has 17 heteroatoms. The molecule has 330 valence electrons. The van der Waals surface area contributed by atoms with Gasteiger partial charge in [-0.15, -0.1) is 0 Å². The molecule has 2 saturated heterocycles. The van der Waals surface area contributed by atoms with Crippen molar-refractivity contribution in [2.24, 2.45) is 11.8 Å². The number of carbonyl (C=O) groups excluding carboxylic acids is 7. The van der Waals surface area contributed by atoms with Crippen LogP contribution < -0.4 is 20.7 Å². The lowest BCUT2D eigenvalue weighted by Gasteiger charge is -2.39. The first-order chi connectivity index (χ1) is 29.7. The van der Waals surface area contributed by atoms with E-state index in [4.69, 9.17) is 9.47 Å². The third kappa shape index (κ3) is 10.9. The van der Waals surface area contributed by atoms with Crippen LogP contribution in [0.5, 0.6) is 5.75 Å². The molecule has 0 spiro atoms. The summed E-state index contributed by atoms with van der Waals surface area (Å²) < 4.78 is 11.9. The van der Waals surface area contributed by atoms with E-state index >= 15 is 0 Å². The summed E-state index contributed by atoms with van der Waals surface area (Å²) in [7, 11) is 0. The van der Waals surface area contributed by atoms with Crippen molar-refractivity contribution in [2.45, 2.75) is 103 Å². The monoisotopic (exact) mass is 852 g/mol. The van der Waals surface area contributed by atoms with Crippen molar-refractivity contribution >= 4 is 41.4 Å². The predicted molar refractivity (Wildman–Crippen MR) is 225 cm³/mol. The number of aromatic nitrogens is 2. The number of benzene rings is 2. The number of nitrogens with zero attached hydrogens (tertiary/aromatic N) is 5. The highest BCUT2D eigenvalue weighted by Crippen LogP contribution is 2.27. The van der Waals surface area contributed by atoms with Crippen molar-refractivity contribution in [2.75, 3.05) is 26.2 Å². The Morgan fingerprint density at radius 1 is 0.790 bits per heavy atom. The van der Waals surface area contributed by atoms with Crippen molar-refractivity contribution in [3.05, 3.63) is 90.0 Å². The smallest absolute Gasteiger partial charge is 0.410 e. The molecule has 62 heavy (non-hydrogen) atoms. The zero-order valence-corrected chi connectivity index (χ0v) is 35.8. The molecule has 5 atom stereocenters. The average molecular weight is 853 g/mol. The van der Waals surface area contributed by atoms with E-state index in [9.17, 15) is 33.6 Å². The fourth-order valence-electron chi connectivity index (χ4n) is 7.85. The van der Waals surface area contributed by atoms with E-state index in [1.165, 1.54) is 28.4 Å². The third-order valence-corrected chi connectivity index (χ3v) is 11.4. The number of amides is 6. The van der Waals surface area contributed by atoms with Crippen molar-refractivity contribution in [1.29, 1.82) is 0 Å². The van der Waals surface area contributed by atoms with Gasteiger partial charge in [0, 0.05) is 31.9 Å². The lowest BCUT2D eigenvalue weighted by molar-refractivity contribution is -0.152. The number of fused-ring (bicyclic) bond motifs is 1. The van der Waals surface area contributed by atoms with Gasteiger partial charge in [-0.1, -0.05) is 83.5 Å². The van der Waals surface area contributed by atoms with Crippen molar-refractivity contribution in [3.63, 3.8) is 0 Å². The number of rotatable bonds is 16. The molecule has 0 radical (unpaired) electrons. The molecule has 1 aromatic heterocycles. The molecule has 4 heterocycles. The van der Waals surface area contributed by atoms with Gasteiger partial charge in [0.2, 0.25) is 23.5 Å². The first-order valence-corrected chi connectivity index (χ1v) is 21.3. The van der Waals surface area contributed by atoms with Crippen LogP contribution in [0.2, 0.25) is 0 Å². The summed E-state index contributed by atoms with van der Waals surface area (Å²) in [5, 5.41) is 8.24. The van der Waals surface area contributed by atoms with E-state index in [-0.39, 0.29) is 44.3 Å². The number of carbonyl (C=O) groups is 7. The van der Waals surface area contributed by atoms with Crippen LogP contribution in [0.4, 0.5) is 4.79 Å². The summed E-state index contributed by atoms with van der Waals surface area (Å²) in [6.45, 7) is 9.76. The molecule has 0 saturated carbocycles. The molecule has 2 aromatic carbocycles. The fourth-order valence-corrected chi connectivity index (χ4v) is 7.85. The van der Waals surface area contributed by atoms with Crippen LogP contribution in [-0.2, 0) is 41.7 Å². The summed E-state index contributed by atoms with van der Waals surface area (Å²) in [6.07, 6.45) is 3.41. The molecule has 17 nitrogen and oxygen atoms in total. The van der Waals surface area contributed by atoms with Crippen LogP contribution in [0.15, 0.2) is 73.2 Å². The topological polar surface area (TPSA) is 210 Å². The van der Waals surface area contributed by atoms with Gasteiger partial charge in [-0.05, 0) is 47.9 Å². The molecule has 3 N–H and O–H groups in total. The second kappa shape index (κ2) is 20.4. The van der Waals surface area contributed by atoms with E-state index in [0.717, 1.165) is 11.1 Å². The number of hydrogen-bond donors (Lipinski definition) is 3. The first-order valence-electron chi connectivity index (χ1n) is 21.3. The number of ether oxygens (including phenoxy) is 2. The number of nitrogens with one attached hydrogen (secondary N) is 3. The molecule has 0 aliphatic carbocycles. The van der Waals surface area contributed by atoms with Crippen LogP contribution in [-0.4, -0.2) is 129 Å². The van der Waals surface area contributed by atoms with E-state index in [0.29, 0.717) is 31.7 Å². The van der Waals surface area contributed by atoms with Gasteiger partial charge in [-0.2, -0.15) is 0 Å². The lowest BCUT2D eigenvalue weighted by Crippen LogP contribution is -2.61. The molecule has 1 unspecified atom stereocenters. The summed E-state index contributed by atoms with van der Waals surface area (Å²) in [4.78, 5) is 109. The second-order valence-corrected chi connectivity index (χ2v) is 16.7. The molecular formula is C45H56N8O9. The van der Waals surface area contributed by atoms with Crippen LogP contribution in [0.25, 0.3) is 0 Å². The highest BCUT2D eigenvalue weighted by atomic mass is 16.6. The highest BCUT2D eigenvalue weighted by molar-refractivity contribution is 6.38. The largest absolute Gasteiger partial charge is 0.487 e. The van der Waals surface area contributed by atoms with Crippen LogP contribution in [0.1, 0.15) is 75.5 Å². The fraction of sp³-hybridized carbons (Fsp3) is 0.489. The minimum Gasteiger partial charge on any atom is -0.487 e. The number of likely N-dealkylation sites (tertiary alicyclic amines) is 2. The molecule has 3 aliphatic heterocycles. The Morgan fingerprint density at radius 3 is 2.15 bits per heavy atom. The van der Waals surface area contributed by atoms with Gasteiger partial charge in [0.25, 0.3) is 11.8 Å². The van der Waals surface area contributed by atoms with Gasteiger partial charge in [0.1, 0.15) is 41.8 Å². The van der Waals surface area contributed by atoms with Crippen molar-refractivity contribution in [1.82, 2.24) is 40.6 Å². The molecule has 0 bridgehead atoms. The van der Waals surface area contributed by atoms with E-state index < -0.39 is 83.5 Å². The number of para-hydroxylation sites is 1. The quantitative estimate of drug-likeness (QED) is 0.179. The van der Waals surface area contributed by atoms with Gasteiger partial charge >= 0.3 is 6.09 Å². The van der Waals surface area contributed by atoms with Crippen molar-refractivity contribution in [3.8, 4) is 5.75 Å². The van der Waals surface area contributed by atoms with Gasteiger partial charge in [0.15, 0.2) is 0 Å². The molecular weight excluding hydrogens is 797 g/mol. The maximum Gasteiger partial charge on any atom is 0.410 e. The van der Waals surface area contributed by atoms with E-state index in [1.54, 1.807) is 44.7 Å². The maximum absolute atomic E-state index is 14.6. The molecule has 6 amide bonds. The average Bonchev–Trinajstić information content (AvgIpc) is 3.68. The number of hydrogen-bond acceptors (Lipinski definition) is 11. The Hall–Kier alpha value is -6.39.